The Bertz CT molecular complexity index is 638. The number of aliphatic hydroxyl groups is 3. The third kappa shape index (κ3) is 5.78. The van der Waals surface area contributed by atoms with Gasteiger partial charge in [-0.3, -0.25) is 0 Å². The molecule has 0 aromatic carbocycles. The molecule has 168 valence electrons. The van der Waals surface area contributed by atoms with E-state index in [1.807, 2.05) is 0 Å². The lowest BCUT2D eigenvalue weighted by molar-refractivity contribution is -0.244. The molecule has 30 heavy (non-hydrogen) atoms. The van der Waals surface area contributed by atoms with Crippen molar-refractivity contribution in [1.29, 1.82) is 0 Å². The molecular weight excluding hydrogens is 396 g/mol. The van der Waals surface area contributed by atoms with Crippen molar-refractivity contribution in [3.63, 3.8) is 0 Å². The first-order valence-corrected chi connectivity index (χ1v) is 9.55. The molecule has 0 saturated heterocycles. The van der Waals surface area contributed by atoms with Crippen molar-refractivity contribution in [2.45, 2.75) is 78.2 Å². The van der Waals surface area contributed by atoms with Gasteiger partial charge in [0.05, 0.1) is 0 Å². The van der Waals surface area contributed by atoms with Crippen LogP contribution in [0.5, 0.6) is 0 Å². The molecule has 0 radical (unpaired) electrons. The Kier molecular flexibility index (Phi) is 9.41. The quantitative estimate of drug-likeness (QED) is 0.318. The fraction of sp³-hybridized carbons (Fsp3) is 0.571. The van der Waals surface area contributed by atoms with Gasteiger partial charge in [0.15, 0.2) is 18.3 Å². The van der Waals surface area contributed by atoms with E-state index in [1.54, 1.807) is 20.8 Å². The van der Waals surface area contributed by atoms with Gasteiger partial charge in [-0.15, -0.1) is 0 Å². The maximum atomic E-state index is 12.2. The molecule has 0 aromatic rings. The van der Waals surface area contributed by atoms with Crippen LogP contribution in [0, 0.1) is 0 Å². The van der Waals surface area contributed by atoms with E-state index in [9.17, 15) is 29.7 Å². The third-order valence-corrected chi connectivity index (χ3v) is 5.01. The molecule has 0 unspecified atom stereocenters. The lowest BCUT2D eigenvalue weighted by Crippen LogP contribution is -2.66. The SMILES string of the molecule is C/C=C(/C)C(=O)OC1C(O)C(OC(=O)/C(C)=C\C)C(O)C(OC(=O)/C(C)=C\C)C1O. The van der Waals surface area contributed by atoms with Crippen LogP contribution in [0.4, 0.5) is 0 Å². The van der Waals surface area contributed by atoms with Crippen LogP contribution in [0.2, 0.25) is 0 Å². The zero-order valence-electron chi connectivity index (χ0n) is 18.0. The predicted molar refractivity (Wildman–Crippen MR) is 106 cm³/mol. The summed E-state index contributed by atoms with van der Waals surface area (Å²) in [5.41, 5.74) is 0.617. The second-order valence-electron chi connectivity index (χ2n) is 7.00. The highest BCUT2D eigenvalue weighted by atomic mass is 16.6. The molecule has 9 nitrogen and oxygen atoms in total. The number of esters is 3. The molecule has 1 saturated carbocycles. The Hall–Kier alpha value is -2.49. The van der Waals surface area contributed by atoms with Crippen molar-refractivity contribution in [1.82, 2.24) is 0 Å². The van der Waals surface area contributed by atoms with E-state index < -0.39 is 54.5 Å². The number of rotatable bonds is 6. The topological polar surface area (TPSA) is 140 Å². The first kappa shape index (κ1) is 25.5. The third-order valence-electron chi connectivity index (χ3n) is 5.01. The average molecular weight is 426 g/mol. The van der Waals surface area contributed by atoms with Crippen LogP contribution >= 0.6 is 0 Å². The van der Waals surface area contributed by atoms with Crippen molar-refractivity contribution in [3.05, 3.63) is 34.9 Å². The van der Waals surface area contributed by atoms with E-state index >= 15 is 0 Å². The maximum Gasteiger partial charge on any atom is 0.333 e. The summed E-state index contributed by atoms with van der Waals surface area (Å²) in [6, 6.07) is 0. The number of ether oxygens (including phenoxy) is 3. The summed E-state index contributed by atoms with van der Waals surface area (Å²) in [5.74, 6) is -2.50. The normalized spacial score (nSPS) is 30.5. The molecule has 1 rings (SSSR count). The van der Waals surface area contributed by atoms with Crippen molar-refractivity contribution in [2.24, 2.45) is 0 Å². The van der Waals surface area contributed by atoms with Gasteiger partial charge in [0.2, 0.25) is 0 Å². The zero-order valence-corrected chi connectivity index (χ0v) is 18.0. The molecular formula is C21H30O9. The fourth-order valence-electron chi connectivity index (χ4n) is 2.59. The molecule has 0 aromatic heterocycles. The predicted octanol–water partition coefficient (Wildman–Crippen LogP) is 0.717. The minimum atomic E-state index is -1.77. The Morgan fingerprint density at radius 3 is 0.933 bits per heavy atom. The Morgan fingerprint density at radius 1 is 0.567 bits per heavy atom. The fourth-order valence-corrected chi connectivity index (χ4v) is 2.59. The van der Waals surface area contributed by atoms with E-state index in [4.69, 9.17) is 14.2 Å². The summed E-state index contributed by atoms with van der Waals surface area (Å²) >= 11 is 0. The van der Waals surface area contributed by atoms with Gasteiger partial charge >= 0.3 is 17.9 Å². The zero-order chi connectivity index (χ0) is 23.2. The summed E-state index contributed by atoms with van der Waals surface area (Å²) in [4.78, 5) is 36.5. The van der Waals surface area contributed by atoms with Crippen molar-refractivity contribution < 1.29 is 43.9 Å². The summed E-state index contributed by atoms with van der Waals surface area (Å²) in [7, 11) is 0. The average Bonchev–Trinajstić information content (AvgIpc) is 2.74. The summed E-state index contributed by atoms with van der Waals surface area (Å²) < 4.78 is 15.6. The number of aliphatic hydroxyl groups excluding tert-OH is 3. The van der Waals surface area contributed by atoms with Gasteiger partial charge < -0.3 is 29.5 Å². The van der Waals surface area contributed by atoms with Crippen molar-refractivity contribution in [3.8, 4) is 0 Å². The first-order valence-electron chi connectivity index (χ1n) is 9.55. The minimum absolute atomic E-state index is 0.206. The van der Waals surface area contributed by atoms with E-state index in [0.717, 1.165) is 0 Å². The molecule has 0 amide bonds. The van der Waals surface area contributed by atoms with Gasteiger partial charge in [-0.25, -0.2) is 14.4 Å². The molecule has 9 heteroatoms. The molecule has 1 aliphatic rings. The summed E-state index contributed by atoms with van der Waals surface area (Å²) in [6.07, 6.45) is -5.76. The monoisotopic (exact) mass is 426 g/mol. The van der Waals surface area contributed by atoms with Gasteiger partial charge in [0.25, 0.3) is 0 Å². The van der Waals surface area contributed by atoms with Crippen LogP contribution < -0.4 is 0 Å². The van der Waals surface area contributed by atoms with E-state index in [1.165, 1.54) is 39.0 Å². The van der Waals surface area contributed by atoms with E-state index in [-0.39, 0.29) is 16.7 Å². The smallest absolute Gasteiger partial charge is 0.333 e. The minimum Gasteiger partial charge on any atom is -0.453 e. The van der Waals surface area contributed by atoms with Crippen LogP contribution in [0.15, 0.2) is 34.9 Å². The maximum absolute atomic E-state index is 12.2. The van der Waals surface area contributed by atoms with Crippen LogP contribution in [0.25, 0.3) is 0 Å². The lowest BCUT2D eigenvalue weighted by Gasteiger charge is -2.43. The van der Waals surface area contributed by atoms with Gasteiger partial charge in [0, 0.05) is 16.7 Å². The number of hydrogen-bond acceptors (Lipinski definition) is 9. The summed E-state index contributed by atoms with van der Waals surface area (Å²) in [6.45, 7) is 9.21. The van der Waals surface area contributed by atoms with Crippen molar-refractivity contribution in [2.75, 3.05) is 0 Å². The molecule has 0 bridgehead atoms. The standard InChI is InChI=1S/C21H30O9/c1-7-10(4)19(25)28-16-13(22)17(29-20(26)11(5)8-2)15(24)18(14(16)23)30-21(27)12(6)9-3/h7-9,13-18,22-24H,1-6H3/b10-7-,11-8-,12-9-. The number of carbonyl (C=O) groups excluding carboxylic acids is 3. The molecule has 3 N–H and O–H groups in total. The van der Waals surface area contributed by atoms with E-state index in [0.29, 0.717) is 0 Å². The molecule has 0 heterocycles. The van der Waals surface area contributed by atoms with Gasteiger partial charge in [-0.05, 0) is 41.5 Å². The van der Waals surface area contributed by atoms with Gasteiger partial charge in [-0.1, -0.05) is 18.2 Å². The van der Waals surface area contributed by atoms with Crippen LogP contribution in [0.3, 0.4) is 0 Å². The highest BCUT2D eigenvalue weighted by Gasteiger charge is 2.55. The molecule has 1 aliphatic carbocycles. The van der Waals surface area contributed by atoms with Crippen molar-refractivity contribution >= 4 is 17.9 Å². The highest BCUT2D eigenvalue weighted by Crippen LogP contribution is 2.30. The number of carbonyl (C=O) groups is 3. The number of allylic oxidation sites excluding steroid dienone is 3. The van der Waals surface area contributed by atoms with Crippen LogP contribution in [-0.4, -0.2) is 69.9 Å². The van der Waals surface area contributed by atoms with Gasteiger partial charge in [-0.2, -0.15) is 0 Å². The molecule has 1 fully saturated rings. The largest absolute Gasteiger partial charge is 0.453 e. The second kappa shape index (κ2) is 11.1. The summed E-state index contributed by atoms with van der Waals surface area (Å²) in [5, 5.41) is 31.9. The Morgan fingerprint density at radius 2 is 0.767 bits per heavy atom. The highest BCUT2D eigenvalue weighted by molar-refractivity contribution is 5.89. The van der Waals surface area contributed by atoms with Crippen LogP contribution in [0.1, 0.15) is 41.5 Å². The Balaban J connectivity index is 3.28. The van der Waals surface area contributed by atoms with E-state index in [2.05, 4.69) is 0 Å². The lowest BCUT2D eigenvalue weighted by atomic mass is 9.84. The molecule has 0 spiro atoms. The Labute approximate surface area is 175 Å². The first-order chi connectivity index (χ1) is 14.0. The van der Waals surface area contributed by atoms with Crippen LogP contribution in [-0.2, 0) is 28.6 Å². The molecule has 0 atom stereocenters. The number of hydrogen-bond donors (Lipinski definition) is 3. The molecule has 0 aliphatic heterocycles. The second-order valence-corrected chi connectivity index (χ2v) is 7.00. The van der Waals surface area contributed by atoms with Gasteiger partial charge in [0.1, 0.15) is 18.3 Å².